The van der Waals surface area contributed by atoms with Crippen molar-refractivity contribution in [1.29, 1.82) is 0 Å². The summed E-state index contributed by atoms with van der Waals surface area (Å²) in [6.45, 7) is 4.47. The molecule has 0 radical (unpaired) electrons. The average molecular weight is 311 g/mol. The maximum atomic E-state index is 12.8. The molecule has 3 aliphatic rings. The van der Waals surface area contributed by atoms with Crippen LogP contribution in [-0.4, -0.2) is 65.0 Å². The number of piperazine rings is 1. The summed E-state index contributed by atoms with van der Waals surface area (Å²) in [7, 11) is 0. The largest absolute Gasteiger partial charge is 0.338 e. The molecule has 0 aromatic carbocycles. The quantitative estimate of drug-likeness (QED) is 0.823. The molecule has 0 bridgehead atoms. The van der Waals surface area contributed by atoms with Gasteiger partial charge in [0.2, 0.25) is 11.8 Å². The number of nitrogens with one attached hydrogen (secondary N) is 1. The predicted octanol–water partition coefficient (Wildman–Crippen LogP) is 0.898. The minimum atomic E-state index is -0.228. The van der Waals surface area contributed by atoms with Crippen LogP contribution >= 0.6 is 11.8 Å². The Kier molecular flexibility index (Phi) is 4.74. The highest BCUT2D eigenvalue weighted by Gasteiger charge is 2.40. The Bertz CT molecular complexity index is 412. The third kappa shape index (κ3) is 3.21. The van der Waals surface area contributed by atoms with E-state index in [4.69, 9.17) is 0 Å². The molecule has 6 heteroatoms. The highest BCUT2D eigenvalue weighted by Crippen LogP contribution is 2.31. The summed E-state index contributed by atoms with van der Waals surface area (Å²) in [5.74, 6) is 1.99. The van der Waals surface area contributed by atoms with Gasteiger partial charge < -0.3 is 15.1 Å². The van der Waals surface area contributed by atoms with E-state index in [0.717, 1.165) is 51.1 Å². The first-order valence-corrected chi connectivity index (χ1v) is 9.22. The normalized spacial score (nSPS) is 30.9. The van der Waals surface area contributed by atoms with Crippen LogP contribution in [0.5, 0.6) is 0 Å². The van der Waals surface area contributed by atoms with Gasteiger partial charge in [0, 0.05) is 37.3 Å². The Morgan fingerprint density at radius 3 is 2.67 bits per heavy atom. The molecule has 21 heavy (non-hydrogen) atoms. The van der Waals surface area contributed by atoms with E-state index in [1.807, 2.05) is 9.80 Å². The second-order valence-electron chi connectivity index (χ2n) is 6.44. The van der Waals surface area contributed by atoms with E-state index in [2.05, 4.69) is 12.2 Å². The maximum absolute atomic E-state index is 12.8. The van der Waals surface area contributed by atoms with Crippen molar-refractivity contribution in [1.82, 2.24) is 15.1 Å². The lowest BCUT2D eigenvalue weighted by molar-refractivity contribution is -0.146. The zero-order valence-corrected chi connectivity index (χ0v) is 13.5. The van der Waals surface area contributed by atoms with Crippen LogP contribution in [0.15, 0.2) is 0 Å². The van der Waals surface area contributed by atoms with Gasteiger partial charge in [0.25, 0.3) is 0 Å². The molecule has 2 saturated heterocycles. The van der Waals surface area contributed by atoms with Crippen molar-refractivity contribution in [2.24, 2.45) is 5.92 Å². The van der Waals surface area contributed by atoms with E-state index in [1.165, 1.54) is 0 Å². The first-order chi connectivity index (χ1) is 10.2. The second kappa shape index (κ2) is 6.57. The number of rotatable bonds is 2. The molecule has 0 aromatic rings. The molecule has 118 valence electrons. The van der Waals surface area contributed by atoms with Crippen molar-refractivity contribution in [2.75, 3.05) is 31.3 Å². The molecular formula is C15H25N3O2S. The Labute approximate surface area is 130 Å². The minimum absolute atomic E-state index is 0.152. The third-order valence-corrected chi connectivity index (χ3v) is 5.85. The molecule has 2 atom stereocenters. The van der Waals surface area contributed by atoms with Gasteiger partial charge in [0.1, 0.15) is 6.04 Å². The number of carbonyl (C=O) groups is 2. The lowest BCUT2D eigenvalue weighted by Crippen LogP contribution is -2.57. The molecule has 2 heterocycles. The predicted molar refractivity (Wildman–Crippen MR) is 84.0 cm³/mol. The fourth-order valence-electron chi connectivity index (χ4n) is 3.61. The number of hydrogen-bond donors (Lipinski definition) is 1. The van der Waals surface area contributed by atoms with E-state index >= 15 is 0 Å². The third-order valence-electron chi connectivity index (χ3n) is 4.84. The summed E-state index contributed by atoms with van der Waals surface area (Å²) >= 11 is 1.71. The molecule has 1 N–H and O–H groups in total. The Morgan fingerprint density at radius 2 is 1.95 bits per heavy atom. The van der Waals surface area contributed by atoms with Gasteiger partial charge in [-0.1, -0.05) is 12.8 Å². The fourth-order valence-corrected chi connectivity index (χ4v) is 4.77. The van der Waals surface area contributed by atoms with Crippen LogP contribution in [0.1, 0.15) is 32.6 Å². The van der Waals surface area contributed by atoms with Crippen molar-refractivity contribution in [3.63, 3.8) is 0 Å². The van der Waals surface area contributed by atoms with Gasteiger partial charge in [-0.15, -0.1) is 11.8 Å². The zero-order valence-electron chi connectivity index (χ0n) is 12.7. The summed E-state index contributed by atoms with van der Waals surface area (Å²) in [5, 5.41) is 3.36. The Hall–Kier alpha value is -0.750. The number of hydrogen-bond acceptors (Lipinski definition) is 4. The molecule has 3 rings (SSSR count). The van der Waals surface area contributed by atoms with Crippen molar-refractivity contribution in [3.05, 3.63) is 0 Å². The van der Waals surface area contributed by atoms with Gasteiger partial charge in [-0.25, -0.2) is 0 Å². The monoisotopic (exact) mass is 311 g/mol. The topological polar surface area (TPSA) is 52.7 Å². The smallest absolute Gasteiger partial charge is 0.246 e. The number of carbonyl (C=O) groups excluding carboxylic acids is 2. The second-order valence-corrected chi connectivity index (χ2v) is 7.44. The van der Waals surface area contributed by atoms with Crippen molar-refractivity contribution < 1.29 is 9.59 Å². The lowest BCUT2D eigenvalue weighted by atomic mass is 10.1. The van der Waals surface area contributed by atoms with Crippen molar-refractivity contribution >= 4 is 23.6 Å². The minimum Gasteiger partial charge on any atom is -0.338 e. The first-order valence-electron chi connectivity index (χ1n) is 8.07. The maximum Gasteiger partial charge on any atom is 0.246 e. The van der Waals surface area contributed by atoms with E-state index in [-0.39, 0.29) is 23.8 Å². The standard InChI is InChI=1S/C15H25N3O2S/c1-11-8-17(7-6-16-11)15(20)13-9-21-10-18(13)14(19)12-4-2-3-5-12/h11-13,16H,2-10H2,1H3. The molecule has 2 aliphatic heterocycles. The molecule has 2 amide bonds. The number of thioether (sulfide) groups is 1. The summed E-state index contributed by atoms with van der Waals surface area (Å²) < 4.78 is 0. The summed E-state index contributed by atoms with van der Waals surface area (Å²) in [5.41, 5.74) is 0. The van der Waals surface area contributed by atoms with Gasteiger partial charge in [-0.2, -0.15) is 0 Å². The number of nitrogens with zero attached hydrogens (tertiary/aromatic N) is 2. The molecule has 0 aromatic heterocycles. The van der Waals surface area contributed by atoms with Crippen molar-refractivity contribution in [3.8, 4) is 0 Å². The van der Waals surface area contributed by atoms with Gasteiger partial charge in [0.05, 0.1) is 5.88 Å². The zero-order chi connectivity index (χ0) is 14.8. The van der Waals surface area contributed by atoms with Crippen molar-refractivity contribution in [2.45, 2.75) is 44.7 Å². The summed E-state index contributed by atoms with van der Waals surface area (Å²) in [6, 6.07) is 0.115. The van der Waals surface area contributed by atoms with Crippen LogP contribution in [0.25, 0.3) is 0 Å². The molecule has 5 nitrogen and oxygen atoms in total. The summed E-state index contributed by atoms with van der Waals surface area (Å²) in [6.07, 6.45) is 4.33. The molecule has 3 fully saturated rings. The highest BCUT2D eigenvalue weighted by molar-refractivity contribution is 7.99. The van der Waals surface area contributed by atoms with E-state index in [0.29, 0.717) is 11.9 Å². The average Bonchev–Trinajstić information content (AvgIpc) is 3.17. The Morgan fingerprint density at radius 1 is 1.19 bits per heavy atom. The van der Waals surface area contributed by atoms with E-state index < -0.39 is 0 Å². The van der Waals surface area contributed by atoms with E-state index in [9.17, 15) is 9.59 Å². The fraction of sp³-hybridized carbons (Fsp3) is 0.867. The summed E-state index contributed by atoms with van der Waals surface area (Å²) in [4.78, 5) is 29.2. The van der Waals surface area contributed by atoms with Gasteiger partial charge in [-0.3, -0.25) is 9.59 Å². The lowest BCUT2D eigenvalue weighted by Gasteiger charge is -2.35. The highest BCUT2D eigenvalue weighted by atomic mass is 32.2. The van der Waals surface area contributed by atoms with Gasteiger partial charge in [0.15, 0.2) is 0 Å². The van der Waals surface area contributed by atoms with Crippen LogP contribution in [-0.2, 0) is 9.59 Å². The van der Waals surface area contributed by atoms with E-state index in [1.54, 1.807) is 11.8 Å². The van der Waals surface area contributed by atoms with Gasteiger partial charge >= 0.3 is 0 Å². The number of amides is 2. The van der Waals surface area contributed by atoms with Gasteiger partial charge in [-0.05, 0) is 19.8 Å². The van der Waals surface area contributed by atoms with Crippen LogP contribution in [0.2, 0.25) is 0 Å². The first kappa shape index (κ1) is 15.2. The molecule has 1 saturated carbocycles. The Balaban J connectivity index is 1.65. The van der Waals surface area contributed by atoms with Crippen LogP contribution in [0.4, 0.5) is 0 Å². The van der Waals surface area contributed by atoms with Crippen LogP contribution in [0, 0.1) is 5.92 Å². The SMILES string of the molecule is CC1CN(C(=O)C2CSCN2C(=O)C2CCCC2)CCN1. The van der Waals surface area contributed by atoms with Crippen LogP contribution in [0.3, 0.4) is 0 Å². The molecule has 1 aliphatic carbocycles. The molecule has 0 spiro atoms. The van der Waals surface area contributed by atoms with Crippen LogP contribution < -0.4 is 5.32 Å². The molecule has 2 unspecified atom stereocenters. The molecular weight excluding hydrogens is 286 g/mol.